The van der Waals surface area contributed by atoms with Crippen molar-refractivity contribution in [1.29, 1.82) is 5.26 Å². The van der Waals surface area contributed by atoms with Gasteiger partial charge in [-0.3, -0.25) is 9.69 Å². The molecular formula is C23H18ClN5OS3. The van der Waals surface area contributed by atoms with E-state index in [1.54, 1.807) is 4.90 Å². The van der Waals surface area contributed by atoms with Crippen LogP contribution in [-0.2, 0) is 10.5 Å². The Kier molecular flexibility index (Phi) is 6.25. The lowest BCUT2D eigenvalue weighted by atomic mass is 9.76. The zero-order valence-corrected chi connectivity index (χ0v) is 20.5. The summed E-state index contributed by atoms with van der Waals surface area (Å²) in [5.74, 6) is 0.620. The van der Waals surface area contributed by atoms with Crippen LogP contribution in [0.25, 0.3) is 0 Å². The van der Waals surface area contributed by atoms with E-state index >= 15 is 0 Å². The summed E-state index contributed by atoms with van der Waals surface area (Å²) in [6, 6.07) is 11.9. The van der Waals surface area contributed by atoms with Crippen molar-refractivity contribution < 1.29 is 4.79 Å². The summed E-state index contributed by atoms with van der Waals surface area (Å²) < 4.78 is 0.764. The molecule has 0 saturated carbocycles. The Bertz CT molecular complexity index is 1320. The van der Waals surface area contributed by atoms with Gasteiger partial charge in [-0.15, -0.1) is 10.2 Å². The number of nitrogens with zero attached hydrogens (tertiary/aromatic N) is 4. The monoisotopic (exact) mass is 511 g/mol. The highest BCUT2D eigenvalue weighted by Gasteiger charge is 2.41. The van der Waals surface area contributed by atoms with Gasteiger partial charge in [0.15, 0.2) is 10.1 Å². The minimum absolute atomic E-state index is 0.0653. The number of nitrogens with two attached hydrogens (primary N) is 1. The quantitative estimate of drug-likeness (QED) is 0.429. The highest BCUT2D eigenvalue weighted by Crippen LogP contribution is 2.47. The molecule has 1 aliphatic carbocycles. The zero-order valence-electron chi connectivity index (χ0n) is 17.3. The molecule has 10 heteroatoms. The van der Waals surface area contributed by atoms with Crippen molar-refractivity contribution in [2.45, 2.75) is 35.3 Å². The second kappa shape index (κ2) is 9.31. The molecule has 2 N–H and O–H groups in total. The van der Waals surface area contributed by atoms with E-state index in [4.69, 9.17) is 17.3 Å². The zero-order chi connectivity index (χ0) is 22.9. The molecule has 6 nitrogen and oxygen atoms in total. The molecule has 1 atom stereocenters. The van der Waals surface area contributed by atoms with Crippen LogP contribution < -0.4 is 10.6 Å². The largest absolute Gasteiger partial charge is 0.384 e. The number of hydrogen-bond donors (Lipinski definition) is 1. The summed E-state index contributed by atoms with van der Waals surface area (Å²) in [4.78, 5) is 14.8. The molecule has 0 spiro atoms. The van der Waals surface area contributed by atoms with Crippen LogP contribution in [0, 0.1) is 11.3 Å². The molecule has 2 aromatic heterocycles. The van der Waals surface area contributed by atoms with Crippen LogP contribution in [0.15, 0.2) is 68.1 Å². The standard InChI is InChI=1S/C23H18ClN5OS3/c24-16-5-2-1-4-13(16)12-32-23-28-27-22(33-23)29-17-6-3-7-18(30)20(17)19(14-8-9-31-11-14)15(10-25)21(29)26/h1-2,4-5,8-9,11,19H,3,6-7,12,26H2/t19-/m1/s1. The van der Waals surface area contributed by atoms with Crippen LogP contribution in [0.1, 0.15) is 36.3 Å². The van der Waals surface area contributed by atoms with Gasteiger partial charge in [-0.2, -0.15) is 16.6 Å². The smallest absolute Gasteiger partial charge is 0.219 e. The fraction of sp³-hybridized carbons (Fsp3) is 0.217. The second-order valence-corrected chi connectivity index (χ2v) is 11.0. The van der Waals surface area contributed by atoms with Gasteiger partial charge in [-0.25, -0.2) is 0 Å². The minimum Gasteiger partial charge on any atom is -0.384 e. The Hall–Kier alpha value is -2.64. The third-order valence-corrected chi connectivity index (χ3v) is 8.85. The average Bonchev–Trinajstić information content (AvgIpc) is 3.50. The van der Waals surface area contributed by atoms with E-state index in [9.17, 15) is 10.1 Å². The lowest BCUT2D eigenvalue weighted by molar-refractivity contribution is -0.116. The number of Topliss-reactive ketones (excluding diaryl/α,β-unsaturated/α-hetero) is 1. The maximum absolute atomic E-state index is 13.1. The molecule has 0 unspecified atom stereocenters. The third kappa shape index (κ3) is 4.08. The summed E-state index contributed by atoms with van der Waals surface area (Å²) >= 11 is 10.7. The Morgan fingerprint density at radius 1 is 1.27 bits per heavy atom. The Morgan fingerprint density at radius 2 is 2.12 bits per heavy atom. The maximum Gasteiger partial charge on any atom is 0.219 e. The minimum atomic E-state index is -0.428. The van der Waals surface area contributed by atoms with E-state index in [0.717, 1.165) is 27.6 Å². The maximum atomic E-state index is 13.1. The number of aromatic nitrogens is 2. The van der Waals surface area contributed by atoms with Crippen LogP contribution in [0.4, 0.5) is 5.13 Å². The first kappa shape index (κ1) is 22.2. The number of carbonyl (C=O) groups excluding carboxylic acids is 1. The Balaban J connectivity index is 1.52. The van der Waals surface area contributed by atoms with E-state index in [1.165, 1.54) is 34.4 Å². The molecule has 1 aliphatic heterocycles. The lowest BCUT2D eigenvalue weighted by Crippen LogP contribution is -2.38. The van der Waals surface area contributed by atoms with Gasteiger partial charge < -0.3 is 5.73 Å². The summed E-state index contributed by atoms with van der Waals surface area (Å²) in [5, 5.41) is 23.9. The van der Waals surface area contributed by atoms with Crippen LogP contribution in [0.3, 0.4) is 0 Å². The topological polar surface area (TPSA) is 95.9 Å². The van der Waals surface area contributed by atoms with Crippen molar-refractivity contribution in [3.05, 3.63) is 79.9 Å². The number of hydrogen-bond acceptors (Lipinski definition) is 9. The number of nitriles is 1. The number of benzene rings is 1. The highest BCUT2D eigenvalue weighted by molar-refractivity contribution is 8.00. The van der Waals surface area contributed by atoms with E-state index in [2.05, 4.69) is 16.3 Å². The Morgan fingerprint density at radius 3 is 2.88 bits per heavy atom. The number of rotatable bonds is 5. The number of thiophene rings is 1. The van der Waals surface area contributed by atoms with Gasteiger partial charge in [0.1, 0.15) is 5.82 Å². The number of carbonyl (C=O) groups is 1. The fourth-order valence-corrected chi connectivity index (χ4v) is 7.04. The molecule has 0 bridgehead atoms. The van der Waals surface area contributed by atoms with Gasteiger partial charge in [0.2, 0.25) is 5.13 Å². The third-order valence-electron chi connectivity index (χ3n) is 5.69. The molecule has 2 aliphatic rings. The van der Waals surface area contributed by atoms with Crippen LogP contribution in [-0.4, -0.2) is 16.0 Å². The van der Waals surface area contributed by atoms with Gasteiger partial charge in [0.05, 0.1) is 17.6 Å². The van der Waals surface area contributed by atoms with Gasteiger partial charge in [0, 0.05) is 28.5 Å². The van der Waals surface area contributed by atoms with Crippen molar-refractivity contribution in [2.75, 3.05) is 4.90 Å². The lowest BCUT2D eigenvalue weighted by Gasteiger charge is -2.37. The van der Waals surface area contributed by atoms with Crippen molar-refractivity contribution in [1.82, 2.24) is 10.2 Å². The number of thioether (sulfide) groups is 1. The highest BCUT2D eigenvalue weighted by atomic mass is 35.5. The first-order valence-corrected chi connectivity index (χ1v) is 13.4. The van der Waals surface area contributed by atoms with Crippen LogP contribution >= 0.6 is 46.0 Å². The van der Waals surface area contributed by atoms with Crippen molar-refractivity contribution in [3.8, 4) is 6.07 Å². The summed E-state index contributed by atoms with van der Waals surface area (Å²) in [6.07, 6.45) is 1.91. The molecule has 0 fully saturated rings. The van der Waals surface area contributed by atoms with Gasteiger partial charge in [-0.1, -0.05) is 52.9 Å². The molecule has 0 amide bonds. The van der Waals surface area contributed by atoms with Crippen LogP contribution in [0.2, 0.25) is 5.02 Å². The molecule has 166 valence electrons. The summed E-state index contributed by atoms with van der Waals surface area (Å²) in [7, 11) is 0. The molecule has 5 rings (SSSR count). The second-order valence-electron chi connectivity index (χ2n) is 7.60. The van der Waals surface area contributed by atoms with E-state index in [0.29, 0.717) is 45.7 Å². The van der Waals surface area contributed by atoms with E-state index in [1.807, 2.05) is 41.1 Å². The van der Waals surface area contributed by atoms with Crippen molar-refractivity contribution in [2.24, 2.45) is 5.73 Å². The number of ketones is 1. The fourth-order valence-electron chi connectivity index (χ4n) is 4.18. The van der Waals surface area contributed by atoms with Gasteiger partial charge in [0.25, 0.3) is 0 Å². The molecule has 33 heavy (non-hydrogen) atoms. The van der Waals surface area contributed by atoms with Crippen molar-refractivity contribution >= 4 is 57.0 Å². The van der Waals surface area contributed by atoms with Gasteiger partial charge in [-0.05, 0) is 46.9 Å². The number of allylic oxidation sites excluding steroid dienone is 3. The van der Waals surface area contributed by atoms with Crippen molar-refractivity contribution in [3.63, 3.8) is 0 Å². The van der Waals surface area contributed by atoms with E-state index < -0.39 is 5.92 Å². The Labute approximate surface area is 208 Å². The molecular weight excluding hydrogens is 494 g/mol. The first-order chi connectivity index (χ1) is 16.1. The predicted octanol–water partition coefficient (Wildman–Crippen LogP) is 5.85. The molecule has 0 radical (unpaired) electrons. The number of anilines is 1. The molecule has 0 saturated heterocycles. The molecule has 1 aromatic carbocycles. The normalized spacial score (nSPS) is 18.5. The SMILES string of the molecule is N#CC1=C(N)N(c2nnc(SCc3ccccc3Cl)s2)C2=C(C(=O)CCC2)[C@@H]1c1ccsc1. The average molecular weight is 512 g/mol. The molecule has 3 aromatic rings. The number of halogens is 1. The molecule has 3 heterocycles. The van der Waals surface area contributed by atoms with Crippen LogP contribution in [0.5, 0.6) is 0 Å². The van der Waals surface area contributed by atoms with E-state index in [-0.39, 0.29) is 5.78 Å². The first-order valence-electron chi connectivity index (χ1n) is 10.3. The predicted molar refractivity (Wildman–Crippen MR) is 133 cm³/mol. The summed E-state index contributed by atoms with van der Waals surface area (Å²) in [6.45, 7) is 0. The summed E-state index contributed by atoms with van der Waals surface area (Å²) in [5.41, 5.74) is 10.4. The van der Waals surface area contributed by atoms with Gasteiger partial charge >= 0.3 is 0 Å².